The molecule has 0 aliphatic rings. The highest BCUT2D eigenvalue weighted by atomic mass is 35.5. The summed E-state index contributed by atoms with van der Waals surface area (Å²) in [6, 6.07) is 0.916. The van der Waals surface area contributed by atoms with E-state index in [1.54, 1.807) is 33.8 Å². The van der Waals surface area contributed by atoms with Crippen molar-refractivity contribution in [3.8, 4) is 0 Å². The summed E-state index contributed by atoms with van der Waals surface area (Å²) < 4.78 is 5.12. The Kier molecular flexibility index (Phi) is 5.11. The molecule has 1 N–H and O–H groups in total. The molecular formula is C14H19ClN2O3. The number of nitrogens with one attached hydrogen (secondary N) is 1. The van der Waals surface area contributed by atoms with Crippen molar-refractivity contribution >= 4 is 24.0 Å². The zero-order chi connectivity index (χ0) is 15.5. The number of nitrogens with zero attached hydrogens (tertiary/aromatic N) is 1. The number of halogens is 1. The summed E-state index contributed by atoms with van der Waals surface area (Å²) in [7, 11) is 0. The molecule has 0 aliphatic carbocycles. The number of amides is 1. The Labute approximate surface area is 123 Å². The first-order valence-corrected chi connectivity index (χ1v) is 6.60. The van der Waals surface area contributed by atoms with Gasteiger partial charge in [-0.05, 0) is 46.2 Å². The van der Waals surface area contributed by atoms with Crippen LogP contribution < -0.4 is 5.32 Å². The zero-order valence-electron chi connectivity index (χ0n) is 12.3. The predicted octanol–water partition coefficient (Wildman–Crippen LogP) is 3.12. The van der Waals surface area contributed by atoms with Gasteiger partial charge in [0.15, 0.2) is 0 Å². The molecule has 20 heavy (non-hydrogen) atoms. The van der Waals surface area contributed by atoms with Crippen LogP contribution in [0.5, 0.6) is 0 Å². The van der Waals surface area contributed by atoms with Gasteiger partial charge < -0.3 is 14.8 Å². The van der Waals surface area contributed by atoms with Crippen molar-refractivity contribution in [3.63, 3.8) is 0 Å². The molecule has 0 aromatic carbocycles. The largest absolute Gasteiger partial charge is 0.444 e. The third kappa shape index (κ3) is 4.49. The van der Waals surface area contributed by atoms with Crippen molar-refractivity contribution in [2.24, 2.45) is 0 Å². The molecular weight excluding hydrogens is 280 g/mol. The summed E-state index contributed by atoms with van der Waals surface area (Å²) in [6.45, 7) is 8.85. The van der Waals surface area contributed by atoms with Crippen molar-refractivity contribution in [1.82, 2.24) is 10.3 Å². The number of ether oxygens (including phenoxy) is 1. The van der Waals surface area contributed by atoms with Gasteiger partial charge in [-0.1, -0.05) is 11.6 Å². The summed E-state index contributed by atoms with van der Waals surface area (Å²) in [5.74, 6) is 0. The third-order valence-corrected chi connectivity index (χ3v) is 2.75. The summed E-state index contributed by atoms with van der Waals surface area (Å²) in [5, 5.41) is 2.69. The van der Waals surface area contributed by atoms with Crippen molar-refractivity contribution in [2.75, 3.05) is 0 Å². The molecule has 1 aromatic rings. The molecule has 0 aliphatic heterocycles. The van der Waals surface area contributed by atoms with Gasteiger partial charge in [0.05, 0.1) is 0 Å². The van der Waals surface area contributed by atoms with Gasteiger partial charge in [0.2, 0.25) is 0 Å². The molecule has 0 spiro atoms. The van der Waals surface area contributed by atoms with E-state index in [0.29, 0.717) is 11.8 Å². The van der Waals surface area contributed by atoms with E-state index >= 15 is 0 Å². The Morgan fingerprint density at radius 3 is 2.50 bits per heavy atom. The van der Waals surface area contributed by atoms with E-state index < -0.39 is 17.7 Å². The number of hydrogen-bond donors (Lipinski definition) is 1. The molecule has 0 bridgehead atoms. The fourth-order valence-electron chi connectivity index (χ4n) is 1.78. The molecule has 0 radical (unpaired) electrons. The highest BCUT2D eigenvalue weighted by Crippen LogP contribution is 2.25. The molecule has 0 saturated carbocycles. The van der Waals surface area contributed by atoms with Gasteiger partial charge in [0, 0.05) is 11.3 Å². The van der Waals surface area contributed by atoms with Crippen molar-refractivity contribution < 1.29 is 14.3 Å². The van der Waals surface area contributed by atoms with E-state index in [2.05, 4.69) is 10.3 Å². The van der Waals surface area contributed by atoms with Crippen LogP contribution in [-0.2, 0) is 9.53 Å². The van der Waals surface area contributed by atoms with E-state index in [0.717, 1.165) is 11.3 Å². The lowest BCUT2D eigenvalue weighted by Crippen LogP contribution is -2.36. The van der Waals surface area contributed by atoms with Gasteiger partial charge in [-0.25, -0.2) is 9.78 Å². The summed E-state index contributed by atoms with van der Waals surface area (Å²) in [4.78, 5) is 27.1. The van der Waals surface area contributed by atoms with Crippen molar-refractivity contribution in [3.05, 3.63) is 28.0 Å². The Hall–Kier alpha value is -1.62. The Balaban J connectivity index is 2.98. The van der Waals surface area contributed by atoms with Gasteiger partial charge in [0.1, 0.15) is 23.1 Å². The molecule has 0 saturated heterocycles. The minimum atomic E-state index is -0.884. The van der Waals surface area contributed by atoms with Crippen LogP contribution in [0.15, 0.2) is 6.07 Å². The van der Waals surface area contributed by atoms with Crippen LogP contribution in [0.4, 0.5) is 4.79 Å². The number of rotatable bonds is 3. The average Bonchev–Trinajstić information content (AvgIpc) is 2.23. The Morgan fingerprint density at radius 2 is 2.05 bits per heavy atom. The standard InChI is InChI=1S/C14H19ClN2O3/c1-8-6-9(2)16-12(15)11(8)10(7-18)17-13(19)20-14(3,4)5/h6-7,10H,1-5H3,(H,17,19). The predicted molar refractivity (Wildman–Crippen MR) is 76.9 cm³/mol. The first kappa shape index (κ1) is 16.4. The molecule has 0 fully saturated rings. The van der Waals surface area contributed by atoms with E-state index in [9.17, 15) is 9.59 Å². The van der Waals surface area contributed by atoms with E-state index in [1.165, 1.54) is 0 Å². The minimum absolute atomic E-state index is 0.204. The quantitative estimate of drug-likeness (QED) is 0.687. The minimum Gasteiger partial charge on any atom is -0.444 e. The van der Waals surface area contributed by atoms with E-state index in [-0.39, 0.29) is 5.15 Å². The molecule has 5 nitrogen and oxygen atoms in total. The lowest BCUT2D eigenvalue weighted by Gasteiger charge is -2.22. The molecule has 1 atom stereocenters. The topological polar surface area (TPSA) is 68.3 Å². The van der Waals surface area contributed by atoms with Crippen LogP contribution >= 0.6 is 11.6 Å². The second-order valence-corrected chi connectivity index (χ2v) is 5.90. The number of aryl methyl sites for hydroxylation is 2. The van der Waals surface area contributed by atoms with Gasteiger partial charge in [0.25, 0.3) is 0 Å². The fourth-order valence-corrected chi connectivity index (χ4v) is 2.18. The van der Waals surface area contributed by atoms with Crippen LogP contribution in [0.1, 0.15) is 43.6 Å². The lowest BCUT2D eigenvalue weighted by molar-refractivity contribution is -0.109. The number of pyridine rings is 1. The summed E-state index contributed by atoms with van der Waals surface area (Å²) >= 11 is 6.06. The number of carbonyl (C=O) groups is 2. The van der Waals surface area contributed by atoms with Crippen LogP contribution in [0.3, 0.4) is 0 Å². The second-order valence-electron chi connectivity index (χ2n) is 5.55. The van der Waals surface area contributed by atoms with Gasteiger partial charge in [-0.3, -0.25) is 0 Å². The molecule has 1 heterocycles. The fraction of sp³-hybridized carbons (Fsp3) is 0.500. The van der Waals surface area contributed by atoms with Crippen LogP contribution in [-0.4, -0.2) is 23.0 Å². The lowest BCUT2D eigenvalue weighted by atomic mass is 10.0. The van der Waals surface area contributed by atoms with E-state index in [4.69, 9.17) is 16.3 Å². The highest BCUT2D eigenvalue weighted by Gasteiger charge is 2.23. The molecule has 1 aromatic heterocycles. The van der Waals surface area contributed by atoms with Crippen molar-refractivity contribution in [2.45, 2.75) is 46.3 Å². The van der Waals surface area contributed by atoms with E-state index in [1.807, 2.05) is 6.92 Å². The maximum absolute atomic E-state index is 11.7. The van der Waals surface area contributed by atoms with Gasteiger partial charge in [-0.2, -0.15) is 0 Å². The van der Waals surface area contributed by atoms with Crippen LogP contribution in [0, 0.1) is 13.8 Å². The first-order chi connectivity index (χ1) is 9.14. The van der Waals surface area contributed by atoms with Crippen molar-refractivity contribution in [1.29, 1.82) is 0 Å². The zero-order valence-corrected chi connectivity index (χ0v) is 13.0. The second kappa shape index (κ2) is 6.22. The maximum Gasteiger partial charge on any atom is 0.408 e. The first-order valence-electron chi connectivity index (χ1n) is 6.22. The molecule has 1 unspecified atom stereocenters. The molecule has 1 amide bonds. The van der Waals surface area contributed by atoms with Gasteiger partial charge in [-0.15, -0.1) is 0 Å². The molecule has 110 valence electrons. The maximum atomic E-state index is 11.7. The number of aldehydes is 1. The number of alkyl carbamates (subject to hydrolysis) is 1. The summed E-state index contributed by atoms with van der Waals surface area (Å²) in [6.07, 6.45) is -0.0690. The molecule has 6 heteroatoms. The number of aromatic nitrogens is 1. The monoisotopic (exact) mass is 298 g/mol. The highest BCUT2D eigenvalue weighted by molar-refractivity contribution is 6.30. The normalized spacial score (nSPS) is 12.7. The third-order valence-electron chi connectivity index (χ3n) is 2.47. The smallest absolute Gasteiger partial charge is 0.408 e. The van der Waals surface area contributed by atoms with Crippen LogP contribution in [0.25, 0.3) is 0 Å². The Morgan fingerprint density at radius 1 is 1.45 bits per heavy atom. The average molecular weight is 299 g/mol. The summed E-state index contributed by atoms with van der Waals surface area (Å²) in [5.41, 5.74) is 1.38. The van der Waals surface area contributed by atoms with Crippen LogP contribution in [0.2, 0.25) is 5.15 Å². The van der Waals surface area contributed by atoms with Gasteiger partial charge >= 0.3 is 6.09 Å². The number of carbonyl (C=O) groups excluding carboxylic acids is 2. The molecule has 1 rings (SSSR count). The Bertz CT molecular complexity index is 501. The number of hydrogen-bond acceptors (Lipinski definition) is 4. The SMILES string of the molecule is Cc1cc(C)c(C(C=O)NC(=O)OC(C)(C)C)c(Cl)n1.